The molecule has 8 nitrogen and oxygen atoms in total. The number of anilines is 1. The summed E-state index contributed by atoms with van der Waals surface area (Å²) in [5, 5.41) is 12.8. The second-order valence-electron chi connectivity index (χ2n) is 7.25. The summed E-state index contributed by atoms with van der Waals surface area (Å²) in [6.07, 6.45) is 0. The molecule has 0 bridgehead atoms. The van der Waals surface area contributed by atoms with Crippen LogP contribution in [-0.2, 0) is 4.79 Å². The fraction of sp³-hybridized carbons (Fsp3) is 0.160. The van der Waals surface area contributed by atoms with Gasteiger partial charge in [0.15, 0.2) is 11.0 Å². The number of ether oxygens (including phenoxy) is 3. The quantitative estimate of drug-likeness (QED) is 0.304. The summed E-state index contributed by atoms with van der Waals surface area (Å²) in [7, 11) is 4.72. The summed E-state index contributed by atoms with van der Waals surface area (Å²) in [5.74, 6) is 2.42. The highest BCUT2D eigenvalue weighted by atomic mass is 35.5. The second-order valence-corrected chi connectivity index (χ2v) is 8.63. The molecule has 1 amide bonds. The van der Waals surface area contributed by atoms with Crippen LogP contribution < -0.4 is 19.5 Å². The normalized spacial score (nSPS) is 10.6. The molecule has 180 valence electrons. The third-order valence-corrected chi connectivity index (χ3v) is 6.26. The van der Waals surface area contributed by atoms with Crippen LogP contribution in [0.5, 0.6) is 17.2 Å². The molecular weight excluding hydrogens is 488 g/mol. The van der Waals surface area contributed by atoms with E-state index in [9.17, 15) is 4.79 Å². The second kappa shape index (κ2) is 11.2. The summed E-state index contributed by atoms with van der Waals surface area (Å²) in [4.78, 5) is 12.7. The molecule has 35 heavy (non-hydrogen) atoms. The van der Waals surface area contributed by atoms with Crippen LogP contribution in [0.15, 0.2) is 71.9 Å². The predicted molar refractivity (Wildman–Crippen MR) is 137 cm³/mol. The van der Waals surface area contributed by atoms with Crippen LogP contribution in [-0.4, -0.2) is 47.8 Å². The van der Waals surface area contributed by atoms with E-state index in [-0.39, 0.29) is 11.7 Å². The molecule has 0 aliphatic rings. The SMILES string of the molecule is COc1ccc(-c2nnc(SCC(=O)Nc3ccc(OC)cc3OC)n2-c2ccc(Cl)cc2)cc1. The number of methoxy groups -OCH3 is 3. The summed E-state index contributed by atoms with van der Waals surface area (Å²) < 4.78 is 17.7. The van der Waals surface area contributed by atoms with Crippen LogP contribution in [0, 0.1) is 0 Å². The number of nitrogens with zero attached hydrogens (tertiary/aromatic N) is 3. The van der Waals surface area contributed by atoms with Crippen molar-refractivity contribution in [2.24, 2.45) is 0 Å². The number of nitrogens with one attached hydrogen (secondary N) is 1. The molecular formula is C25H23ClN4O4S. The number of halogens is 1. The minimum Gasteiger partial charge on any atom is -0.497 e. The first-order chi connectivity index (χ1) is 17.0. The van der Waals surface area contributed by atoms with Gasteiger partial charge in [0.2, 0.25) is 5.91 Å². The number of thioether (sulfide) groups is 1. The van der Waals surface area contributed by atoms with E-state index in [1.807, 2.05) is 41.0 Å². The molecule has 10 heteroatoms. The van der Waals surface area contributed by atoms with Crippen LogP contribution in [0.2, 0.25) is 5.02 Å². The number of hydrogen-bond donors (Lipinski definition) is 1. The third-order valence-electron chi connectivity index (χ3n) is 5.08. The van der Waals surface area contributed by atoms with Crippen molar-refractivity contribution in [1.29, 1.82) is 0 Å². The van der Waals surface area contributed by atoms with Gasteiger partial charge in [-0.15, -0.1) is 10.2 Å². The fourth-order valence-electron chi connectivity index (χ4n) is 3.33. The molecule has 0 saturated heterocycles. The lowest BCUT2D eigenvalue weighted by Gasteiger charge is -2.12. The smallest absolute Gasteiger partial charge is 0.234 e. The summed E-state index contributed by atoms with van der Waals surface area (Å²) in [6.45, 7) is 0. The van der Waals surface area contributed by atoms with Gasteiger partial charge in [0, 0.05) is 22.3 Å². The molecule has 0 fully saturated rings. The molecule has 0 aliphatic carbocycles. The van der Waals surface area contributed by atoms with Gasteiger partial charge in [-0.05, 0) is 60.7 Å². The minimum absolute atomic E-state index is 0.115. The Kier molecular flexibility index (Phi) is 7.79. The molecule has 0 atom stereocenters. The van der Waals surface area contributed by atoms with Crippen LogP contribution in [0.25, 0.3) is 17.1 Å². The molecule has 4 rings (SSSR count). The van der Waals surface area contributed by atoms with E-state index in [0.717, 1.165) is 17.0 Å². The topological polar surface area (TPSA) is 87.5 Å². The lowest BCUT2D eigenvalue weighted by molar-refractivity contribution is -0.113. The molecule has 1 heterocycles. The van der Waals surface area contributed by atoms with Crippen molar-refractivity contribution in [3.05, 3.63) is 71.8 Å². The monoisotopic (exact) mass is 510 g/mol. The molecule has 1 aromatic heterocycles. The Hall–Kier alpha value is -3.69. The highest BCUT2D eigenvalue weighted by molar-refractivity contribution is 7.99. The highest BCUT2D eigenvalue weighted by Gasteiger charge is 2.18. The van der Waals surface area contributed by atoms with Gasteiger partial charge in [0.25, 0.3) is 0 Å². The Morgan fingerprint density at radius 1 is 0.914 bits per heavy atom. The molecule has 1 N–H and O–H groups in total. The number of amides is 1. The van der Waals surface area contributed by atoms with Crippen molar-refractivity contribution in [3.63, 3.8) is 0 Å². The maximum atomic E-state index is 12.7. The van der Waals surface area contributed by atoms with Crippen molar-refractivity contribution in [2.45, 2.75) is 5.16 Å². The van der Waals surface area contributed by atoms with E-state index in [1.165, 1.54) is 18.9 Å². The van der Waals surface area contributed by atoms with Crippen LogP contribution in [0.1, 0.15) is 0 Å². The minimum atomic E-state index is -0.213. The molecule has 0 spiro atoms. The molecule has 0 radical (unpaired) electrons. The Labute approximate surface area is 212 Å². The van der Waals surface area contributed by atoms with Crippen LogP contribution in [0.4, 0.5) is 5.69 Å². The molecule has 0 unspecified atom stereocenters. The number of rotatable bonds is 9. The Morgan fingerprint density at radius 3 is 2.26 bits per heavy atom. The molecule has 3 aromatic carbocycles. The molecule has 0 saturated carbocycles. The molecule has 0 aliphatic heterocycles. The van der Waals surface area contributed by atoms with Crippen molar-refractivity contribution >= 4 is 35.0 Å². The fourth-order valence-corrected chi connectivity index (χ4v) is 4.21. The zero-order chi connectivity index (χ0) is 24.8. The number of aromatic nitrogens is 3. The number of carbonyl (C=O) groups is 1. The van der Waals surface area contributed by atoms with E-state index in [2.05, 4.69) is 15.5 Å². The van der Waals surface area contributed by atoms with E-state index in [1.54, 1.807) is 44.6 Å². The number of carbonyl (C=O) groups excluding carboxylic acids is 1. The van der Waals surface area contributed by atoms with Crippen molar-refractivity contribution in [2.75, 3.05) is 32.4 Å². The van der Waals surface area contributed by atoms with Gasteiger partial charge in [-0.3, -0.25) is 9.36 Å². The van der Waals surface area contributed by atoms with Crippen molar-refractivity contribution in [3.8, 4) is 34.3 Å². The van der Waals surface area contributed by atoms with Gasteiger partial charge in [-0.1, -0.05) is 23.4 Å². The summed E-state index contributed by atoms with van der Waals surface area (Å²) in [5.41, 5.74) is 2.23. The van der Waals surface area contributed by atoms with Gasteiger partial charge < -0.3 is 19.5 Å². The third kappa shape index (κ3) is 5.70. The predicted octanol–water partition coefficient (Wildman–Crippen LogP) is 5.34. The Balaban J connectivity index is 1.58. The van der Waals surface area contributed by atoms with Crippen LogP contribution in [0.3, 0.4) is 0 Å². The lowest BCUT2D eigenvalue weighted by atomic mass is 10.2. The maximum absolute atomic E-state index is 12.7. The number of benzene rings is 3. The van der Waals surface area contributed by atoms with Gasteiger partial charge in [-0.2, -0.15) is 0 Å². The summed E-state index contributed by atoms with van der Waals surface area (Å²) in [6, 6.07) is 20.1. The summed E-state index contributed by atoms with van der Waals surface area (Å²) >= 11 is 7.37. The van der Waals surface area contributed by atoms with E-state index < -0.39 is 0 Å². The van der Waals surface area contributed by atoms with E-state index >= 15 is 0 Å². The van der Waals surface area contributed by atoms with Gasteiger partial charge >= 0.3 is 0 Å². The zero-order valence-corrected chi connectivity index (χ0v) is 20.9. The first-order valence-corrected chi connectivity index (χ1v) is 11.9. The first kappa shape index (κ1) is 24.4. The first-order valence-electron chi connectivity index (χ1n) is 10.5. The zero-order valence-electron chi connectivity index (χ0n) is 19.3. The Bertz CT molecular complexity index is 1310. The van der Waals surface area contributed by atoms with E-state index in [4.69, 9.17) is 25.8 Å². The van der Waals surface area contributed by atoms with Gasteiger partial charge in [0.1, 0.15) is 17.2 Å². The maximum Gasteiger partial charge on any atom is 0.234 e. The number of hydrogen-bond acceptors (Lipinski definition) is 7. The van der Waals surface area contributed by atoms with E-state index in [0.29, 0.717) is 33.2 Å². The lowest BCUT2D eigenvalue weighted by Crippen LogP contribution is -2.15. The average Bonchev–Trinajstić information content (AvgIpc) is 3.32. The van der Waals surface area contributed by atoms with Gasteiger partial charge in [0.05, 0.1) is 32.8 Å². The average molecular weight is 511 g/mol. The largest absolute Gasteiger partial charge is 0.497 e. The van der Waals surface area contributed by atoms with Crippen LogP contribution >= 0.6 is 23.4 Å². The standard InChI is InChI=1S/C25H23ClN4O4S/c1-32-19-10-4-16(5-11-19)24-28-29-25(30(24)18-8-6-17(26)7-9-18)35-15-23(31)27-21-13-12-20(33-2)14-22(21)34-3/h4-14H,15H2,1-3H3,(H,27,31). The Morgan fingerprint density at radius 2 is 1.60 bits per heavy atom. The molecule has 4 aromatic rings. The van der Waals surface area contributed by atoms with Crippen molar-refractivity contribution in [1.82, 2.24) is 14.8 Å². The highest BCUT2D eigenvalue weighted by Crippen LogP contribution is 2.31. The van der Waals surface area contributed by atoms with Crippen molar-refractivity contribution < 1.29 is 19.0 Å². The van der Waals surface area contributed by atoms with Gasteiger partial charge in [-0.25, -0.2) is 0 Å².